The summed E-state index contributed by atoms with van der Waals surface area (Å²) >= 11 is 0. The van der Waals surface area contributed by atoms with Gasteiger partial charge in [0.1, 0.15) is 13.2 Å². The molecule has 2 atom stereocenters. The summed E-state index contributed by atoms with van der Waals surface area (Å²) in [4.78, 5) is 37.4. The number of carbonyl (C=O) groups is 3. The van der Waals surface area contributed by atoms with Crippen molar-refractivity contribution in [2.45, 2.75) is 277 Å². The lowest BCUT2D eigenvalue weighted by Gasteiger charge is -2.26. The fourth-order valence-corrected chi connectivity index (χ4v) is 8.64. The predicted octanol–water partition coefficient (Wildman–Crippen LogP) is 17.4. The molecule has 0 spiro atoms. The van der Waals surface area contributed by atoms with Gasteiger partial charge < -0.3 is 33.3 Å². The van der Waals surface area contributed by atoms with E-state index in [0.29, 0.717) is 17.4 Å². The standard InChI is InChI=1S/C67H117NO8/c1-6-8-10-12-14-16-18-20-22-24-26-28-30-32-33-34-36-38-40-42-44-46-48-50-52-54-56-58-65(70)76-63(62-75-67(66(71)72)73-60-59-68(3,4)5)61-74-64(69)57-55-53-51-49-47-45-43-41-39-37-35-31-29-27-25-23-21-19-17-15-13-11-9-7-2/h8,10,14,16,20,22,26,28,32-33,36,38,42,44,63,67H,6-7,9,11-13,15,17-19,21,23-25,27,29-31,34-35,37,39-41,43,45-62H2,1-5H3/b10-8-,16-14-,22-20-,28-26-,33-32-,38-36-,44-42-. The first-order valence-corrected chi connectivity index (χ1v) is 31.2. The SMILES string of the molecule is CC/C=C\C/C=C\C/C=C\C/C=C\C/C=C\C/C=C\C/C=C\CCCCCCCC(=O)OC(COC(=O)CCCCCCCCCCCCCCCCCCCCCCCCCC)COC(OCC[N+](C)(C)C)C(=O)[O-]. The highest BCUT2D eigenvalue weighted by molar-refractivity contribution is 5.70. The zero-order valence-corrected chi connectivity index (χ0v) is 49.9. The van der Waals surface area contributed by atoms with E-state index in [0.717, 1.165) is 96.3 Å². The van der Waals surface area contributed by atoms with Crippen LogP contribution in [0.4, 0.5) is 0 Å². The first kappa shape index (κ1) is 72.5. The maximum atomic E-state index is 12.9. The number of rotatable bonds is 57. The van der Waals surface area contributed by atoms with Crippen molar-refractivity contribution in [2.24, 2.45) is 0 Å². The fraction of sp³-hybridized carbons (Fsp3) is 0.746. The molecule has 0 fully saturated rings. The van der Waals surface area contributed by atoms with E-state index >= 15 is 0 Å². The topological polar surface area (TPSA) is 111 Å². The van der Waals surface area contributed by atoms with Crippen LogP contribution in [0.5, 0.6) is 0 Å². The number of carbonyl (C=O) groups excluding carboxylic acids is 3. The number of unbranched alkanes of at least 4 members (excludes halogenated alkanes) is 28. The number of carboxylic acids is 1. The Morgan fingerprint density at radius 2 is 0.750 bits per heavy atom. The van der Waals surface area contributed by atoms with E-state index in [1.807, 2.05) is 21.1 Å². The van der Waals surface area contributed by atoms with Crippen LogP contribution in [0.1, 0.15) is 264 Å². The van der Waals surface area contributed by atoms with Crippen LogP contribution in [0, 0.1) is 0 Å². The molecule has 0 heterocycles. The Bertz CT molecular complexity index is 1520. The highest BCUT2D eigenvalue weighted by atomic mass is 16.7. The summed E-state index contributed by atoms with van der Waals surface area (Å²) < 4.78 is 22.7. The molecule has 9 nitrogen and oxygen atoms in total. The van der Waals surface area contributed by atoms with Gasteiger partial charge in [-0.1, -0.05) is 266 Å². The first-order valence-electron chi connectivity index (χ1n) is 31.2. The highest BCUT2D eigenvalue weighted by Gasteiger charge is 2.22. The van der Waals surface area contributed by atoms with E-state index < -0.39 is 24.3 Å². The number of likely N-dealkylation sites (N-methyl/N-ethyl adjacent to an activating group) is 1. The molecule has 76 heavy (non-hydrogen) atoms. The van der Waals surface area contributed by atoms with Crippen molar-refractivity contribution in [3.63, 3.8) is 0 Å². The van der Waals surface area contributed by atoms with E-state index in [1.54, 1.807) is 0 Å². The lowest BCUT2D eigenvalue weighted by atomic mass is 10.0. The lowest BCUT2D eigenvalue weighted by molar-refractivity contribution is -0.870. The smallest absolute Gasteiger partial charge is 0.306 e. The number of allylic oxidation sites excluding steroid dienone is 14. The minimum Gasteiger partial charge on any atom is -0.545 e. The zero-order valence-electron chi connectivity index (χ0n) is 49.9. The van der Waals surface area contributed by atoms with Gasteiger partial charge in [0.25, 0.3) is 0 Å². The Hall–Kier alpha value is -3.53. The van der Waals surface area contributed by atoms with Crippen LogP contribution in [0.15, 0.2) is 85.1 Å². The van der Waals surface area contributed by atoms with Gasteiger partial charge in [-0.25, -0.2) is 0 Å². The normalized spacial score (nSPS) is 13.3. The molecule has 0 bridgehead atoms. The number of nitrogens with zero attached hydrogens (tertiary/aromatic N) is 1. The molecule has 0 amide bonds. The third-order valence-corrected chi connectivity index (χ3v) is 13.4. The minimum absolute atomic E-state index is 0.141. The molecule has 2 unspecified atom stereocenters. The maximum Gasteiger partial charge on any atom is 0.306 e. The summed E-state index contributed by atoms with van der Waals surface area (Å²) in [5.41, 5.74) is 0. The van der Waals surface area contributed by atoms with Crippen molar-refractivity contribution in [2.75, 3.05) is 47.5 Å². The van der Waals surface area contributed by atoms with E-state index in [4.69, 9.17) is 18.9 Å². The minimum atomic E-state index is -1.63. The molecule has 0 saturated carbocycles. The third-order valence-electron chi connectivity index (χ3n) is 13.4. The molecule has 0 N–H and O–H groups in total. The molecular weight excluding hydrogens is 947 g/mol. The molecule has 0 aromatic heterocycles. The summed E-state index contributed by atoms with van der Waals surface area (Å²) in [6, 6.07) is 0. The summed E-state index contributed by atoms with van der Waals surface area (Å²) in [7, 11) is 5.92. The second kappa shape index (κ2) is 57.6. The molecule has 0 aliphatic heterocycles. The number of ether oxygens (including phenoxy) is 4. The lowest BCUT2D eigenvalue weighted by Crippen LogP contribution is -2.44. The van der Waals surface area contributed by atoms with Crippen LogP contribution in [0.2, 0.25) is 0 Å². The molecule has 0 rings (SSSR count). The van der Waals surface area contributed by atoms with Crippen molar-refractivity contribution in [3.8, 4) is 0 Å². The fourth-order valence-electron chi connectivity index (χ4n) is 8.64. The first-order chi connectivity index (χ1) is 37.1. The van der Waals surface area contributed by atoms with Crippen molar-refractivity contribution in [1.82, 2.24) is 0 Å². The predicted molar refractivity (Wildman–Crippen MR) is 320 cm³/mol. The Morgan fingerprint density at radius 3 is 1.12 bits per heavy atom. The summed E-state index contributed by atoms with van der Waals surface area (Å²) in [5.74, 6) is -2.30. The number of hydrogen-bond donors (Lipinski definition) is 0. The highest BCUT2D eigenvalue weighted by Crippen LogP contribution is 2.17. The van der Waals surface area contributed by atoms with Crippen LogP contribution in [0.25, 0.3) is 0 Å². The molecule has 0 saturated heterocycles. The van der Waals surface area contributed by atoms with Gasteiger partial charge in [-0.15, -0.1) is 0 Å². The van der Waals surface area contributed by atoms with Crippen LogP contribution in [-0.2, 0) is 33.3 Å². The van der Waals surface area contributed by atoms with Gasteiger partial charge in [0.2, 0.25) is 0 Å². The number of aliphatic carboxylic acids is 1. The Kier molecular flexibility index (Phi) is 55.0. The summed E-state index contributed by atoms with van der Waals surface area (Å²) in [6.45, 7) is 4.64. The van der Waals surface area contributed by atoms with Gasteiger partial charge in [-0.05, 0) is 70.6 Å². The number of carboxylic acid groups (broad SMARTS) is 1. The quantitative estimate of drug-likeness (QED) is 0.0195. The van der Waals surface area contributed by atoms with Crippen molar-refractivity contribution >= 4 is 17.9 Å². The molecule has 438 valence electrons. The van der Waals surface area contributed by atoms with E-state index in [2.05, 4.69) is 98.9 Å². The summed E-state index contributed by atoms with van der Waals surface area (Å²) in [6.07, 6.45) is 73.5. The zero-order chi connectivity index (χ0) is 55.5. The Labute approximate surface area is 468 Å². The van der Waals surface area contributed by atoms with E-state index in [-0.39, 0.29) is 38.6 Å². The Morgan fingerprint density at radius 1 is 0.408 bits per heavy atom. The van der Waals surface area contributed by atoms with Gasteiger partial charge in [-0.3, -0.25) is 9.59 Å². The summed E-state index contributed by atoms with van der Waals surface area (Å²) in [5, 5.41) is 11.8. The Balaban J connectivity index is 4.26. The van der Waals surface area contributed by atoms with Gasteiger partial charge in [-0.2, -0.15) is 0 Å². The second-order valence-electron chi connectivity index (χ2n) is 22.0. The van der Waals surface area contributed by atoms with Gasteiger partial charge in [0.15, 0.2) is 12.4 Å². The van der Waals surface area contributed by atoms with Crippen LogP contribution >= 0.6 is 0 Å². The average Bonchev–Trinajstić information content (AvgIpc) is 3.39. The van der Waals surface area contributed by atoms with E-state index in [1.165, 1.54) is 135 Å². The van der Waals surface area contributed by atoms with Gasteiger partial charge in [0, 0.05) is 12.8 Å². The third kappa shape index (κ3) is 58.2. The molecule has 0 aliphatic rings. The van der Waals surface area contributed by atoms with Crippen molar-refractivity contribution in [1.29, 1.82) is 0 Å². The van der Waals surface area contributed by atoms with Crippen molar-refractivity contribution < 1.29 is 42.9 Å². The number of quaternary nitrogens is 1. The molecule has 0 aromatic rings. The largest absolute Gasteiger partial charge is 0.545 e. The molecule has 0 radical (unpaired) electrons. The number of esters is 2. The number of hydrogen-bond acceptors (Lipinski definition) is 8. The monoisotopic (exact) mass is 1060 g/mol. The van der Waals surface area contributed by atoms with Crippen LogP contribution < -0.4 is 5.11 Å². The maximum absolute atomic E-state index is 12.9. The second-order valence-corrected chi connectivity index (χ2v) is 22.0. The average molecular weight is 1060 g/mol. The molecular formula is C67H117NO8. The van der Waals surface area contributed by atoms with Crippen molar-refractivity contribution in [3.05, 3.63) is 85.1 Å². The van der Waals surface area contributed by atoms with Crippen LogP contribution in [0.3, 0.4) is 0 Å². The van der Waals surface area contributed by atoms with Crippen LogP contribution in [-0.4, -0.2) is 82.3 Å². The van der Waals surface area contributed by atoms with Gasteiger partial charge in [0.05, 0.1) is 40.3 Å². The molecule has 9 heteroatoms. The molecule has 0 aromatic carbocycles. The molecule has 0 aliphatic carbocycles. The van der Waals surface area contributed by atoms with E-state index in [9.17, 15) is 19.5 Å². The van der Waals surface area contributed by atoms with Gasteiger partial charge >= 0.3 is 11.9 Å².